The Morgan fingerprint density at radius 3 is 1.55 bits per heavy atom. The summed E-state index contributed by atoms with van der Waals surface area (Å²) in [5.74, 6) is 0.489. The molecule has 2 atom stereocenters. The predicted molar refractivity (Wildman–Crippen MR) is 220 cm³/mol. The molecule has 0 bridgehead atoms. The monoisotopic (exact) mass is 778 g/mol. The molecule has 0 aliphatic heterocycles. The Hall–Kier alpha value is -2.74. The number of halogens is 2. The van der Waals surface area contributed by atoms with E-state index in [9.17, 15) is 0 Å². The maximum absolute atomic E-state index is 3.78. The van der Waals surface area contributed by atoms with Crippen LogP contribution in [0.4, 0.5) is 0 Å². The molecule has 0 fully saturated rings. The summed E-state index contributed by atoms with van der Waals surface area (Å²) >= 11 is -3.78. The molecular weight excluding hydrogens is 731 g/mol. The first kappa shape index (κ1) is 37.5. The van der Waals surface area contributed by atoms with Gasteiger partial charge in [0.05, 0.1) is 0 Å². The smallest absolute Gasteiger partial charge is 0.147 e. The number of fused-ring (bicyclic) bond motifs is 2. The van der Waals surface area contributed by atoms with Crippen molar-refractivity contribution in [3.8, 4) is 33.4 Å². The second kappa shape index (κ2) is 13.8. The number of hydrogen-bond acceptors (Lipinski definition) is 0. The first-order valence-electron chi connectivity index (χ1n) is 17.3. The fourth-order valence-corrected chi connectivity index (χ4v) is 29.5. The average Bonchev–Trinajstić information content (AvgIpc) is 3.61. The minimum atomic E-state index is -3.78. The summed E-state index contributed by atoms with van der Waals surface area (Å²) in [6, 6.07) is 39.5. The molecule has 0 spiro atoms. The molecule has 5 aromatic carbocycles. The molecule has 0 amide bonds. The predicted octanol–water partition coefficient (Wildman–Crippen LogP) is 13.0. The fraction of sp³-hybridized carbons (Fsp3) is 0.244. The van der Waals surface area contributed by atoms with Crippen LogP contribution in [0, 0.1) is 26.7 Å². The summed E-state index contributed by atoms with van der Waals surface area (Å²) in [4.78, 5) is 0. The van der Waals surface area contributed by atoms with Crippen molar-refractivity contribution in [1.29, 1.82) is 0 Å². The molecule has 2 aliphatic rings. The van der Waals surface area contributed by atoms with Crippen LogP contribution in [0.5, 0.6) is 0 Å². The van der Waals surface area contributed by atoms with Crippen LogP contribution in [0.3, 0.4) is 0 Å². The minimum Gasteiger partial charge on any atom is -0.147 e. The fourth-order valence-electron chi connectivity index (χ4n) is 8.91. The van der Waals surface area contributed by atoms with Gasteiger partial charge in [0, 0.05) is 0 Å². The Kier molecular flexibility index (Phi) is 10.5. The molecule has 0 aromatic heterocycles. The first-order valence-corrected chi connectivity index (χ1v) is 31.0. The van der Waals surface area contributed by atoms with E-state index < -0.39 is 17.4 Å². The molecule has 2 aliphatic carbocycles. The summed E-state index contributed by atoms with van der Waals surface area (Å²) in [5.41, 5.74) is 21.1. The van der Waals surface area contributed by atoms with E-state index in [0.29, 0.717) is 13.2 Å². The number of benzene rings is 5. The summed E-state index contributed by atoms with van der Waals surface area (Å²) in [6.07, 6.45) is 5.16. The van der Waals surface area contributed by atoms with E-state index in [1.54, 1.807) is 22.3 Å². The van der Waals surface area contributed by atoms with Gasteiger partial charge in [-0.1, -0.05) is 0 Å². The van der Waals surface area contributed by atoms with Crippen molar-refractivity contribution in [1.82, 2.24) is 0 Å². The molecule has 0 N–H and O–H groups in total. The number of allylic oxidation sites excluding steroid dienone is 2. The van der Waals surface area contributed by atoms with E-state index in [1.807, 2.05) is 0 Å². The molecule has 49 heavy (non-hydrogen) atoms. The summed E-state index contributed by atoms with van der Waals surface area (Å²) in [7, 11) is 0. The van der Waals surface area contributed by atoms with Crippen LogP contribution >= 0.6 is 24.8 Å². The summed E-state index contributed by atoms with van der Waals surface area (Å²) in [5, 5.41) is 0. The number of aryl methyl sites for hydroxylation is 3. The van der Waals surface area contributed by atoms with Crippen molar-refractivity contribution >= 4 is 43.8 Å². The van der Waals surface area contributed by atoms with Crippen LogP contribution in [-0.2, 0) is 17.4 Å². The van der Waals surface area contributed by atoms with Gasteiger partial charge in [0.2, 0.25) is 0 Å². The van der Waals surface area contributed by atoms with E-state index in [1.165, 1.54) is 61.2 Å². The van der Waals surface area contributed by atoms with Gasteiger partial charge in [-0.25, -0.2) is 0 Å². The largest absolute Gasteiger partial charge is 0.147 e. The van der Waals surface area contributed by atoms with Gasteiger partial charge >= 0.3 is 287 Å². The second-order valence-electron chi connectivity index (χ2n) is 15.9. The summed E-state index contributed by atoms with van der Waals surface area (Å²) < 4.78 is 6.49. The van der Waals surface area contributed by atoms with Gasteiger partial charge in [-0.05, 0) is 0 Å². The SMILES string of the molecule is CC1=Cc2c(-c3ccc(C)cc3)cc(-c3ccc(C)cc3)cc2[CH]1[Zr]([CH3])([CH3])(=[SiH2])[CH]1C(C(C)C)=Cc2c(-c3ccc(C)cc3)cccc21.Cl.Cl. The molecule has 0 nitrogen and oxygen atoms in total. The molecule has 7 rings (SSSR count). The zero-order valence-corrected chi connectivity index (χ0v) is 35.7. The number of rotatable bonds is 6. The third-order valence-corrected chi connectivity index (χ3v) is 28.7. The van der Waals surface area contributed by atoms with Gasteiger partial charge < -0.3 is 0 Å². The Bertz CT molecular complexity index is 2160. The van der Waals surface area contributed by atoms with Crippen molar-refractivity contribution in [2.24, 2.45) is 5.92 Å². The van der Waals surface area contributed by atoms with Crippen LogP contribution in [-0.4, -0.2) is 6.88 Å². The quantitative estimate of drug-likeness (QED) is 0.151. The van der Waals surface area contributed by atoms with Crippen LogP contribution in [0.1, 0.15) is 67.0 Å². The Morgan fingerprint density at radius 2 is 1.02 bits per heavy atom. The van der Waals surface area contributed by atoms with E-state index in [2.05, 4.69) is 173 Å². The minimum absolute atomic E-state index is 0. The van der Waals surface area contributed by atoms with E-state index >= 15 is 0 Å². The molecule has 252 valence electrons. The van der Waals surface area contributed by atoms with Gasteiger partial charge in [-0.15, -0.1) is 24.8 Å². The topological polar surface area (TPSA) is 0 Å². The van der Waals surface area contributed by atoms with Gasteiger partial charge in [-0.3, -0.25) is 0 Å². The zero-order valence-electron chi connectivity index (χ0n) is 30.2. The van der Waals surface area contributed by atoms with Gasteiger partial charge in [0.1, 0.15) is 0 Å². The van der Waals surface area contributed by atoms with Crippen molar-refractivity contribution in [3.63, 3.8) is 0 Å². The maximum atomic E-state index is 2.77. The van der Waals surface area contributed by atoms with Crippen molar-refractivity contribution in [2.45, 2.75) is 58.1 Å². The molecule has 4 heteroatoms. The molecular formula is C45H50Cl2SiZr. The van der Waals surface area contributed by atoms with Gasteiger partial charge in [0.25, 0.3) is 0 Å². The van der Waals surface area contributed by atoms with Gasteiger partial charge in [0.15, 0.2) is 0 Å². The normalized spacial score (nSPS) is 16.7. The molecule has 2 unspecified atom stereocenters. The summed E-state index contributed by atoms with van der Waals surface area (Å²) in [6.45, 7) is 16.3. The van der Waals surface area contributed by atoms with E-state index in [-0.39, 0.29) is 24.8 Å². The zero-order chi connectivity index (χ0) is 33.3. The maximum Gasteiger partial charge on any atom is -0.147 e. The first-order chi connectivity index (χ1) is 22.3. The third kappa shape index (κ3) is 6.60. The Balaban J connectivity index is 0.00000234. The van der Waals surface area contributed by atoms with Crippen LogP contribution in [0.15, 0.2) is 114 Å². The standard InChI is InChI=1S/C24H21.C19H19.2CH3.2ClH.H2Si.Zr/c1-16-4-8-19(9-5-16)21-14-22-12-18(3)13-23(22)24(15-21)20-10-6-17(2)7-11-20;1-13(2)17-11-16-5-4-6-18(19(16)12-17)15-9-7-14(3)8-10-15;;;;;;/h4-15H,1-3H3;4-13H,1-3H3;2*1H3;2*1H;1H2;. The molecule has 5 aromatic rings. The van der Waals surface area contributed by atoms with Crippen molar-refractivity contribution in [3.05, 3.63) is 153 Å². The van der Waals surface area contributed by atoms with E-state index in [4.69, 9.17) is 0 Å². The van der Waals surface area contributed by atoms with Crippen molar-refractivity contribution in [2.75, 3.05) is 0 Å². The Labute approximate surface area is 309 Å². The molecule has 0 heterocycles. The molecule has 0 saturated heterocycles. The van der Waals surface area contributed by atoms with Crippen LogP contribution < -0.4 is 0 Å². The Morgan fingerprint density at radius 1 is 0.531 bits per heavy atom. The van der Waals surface area contributed by atoms with Gasteiger partial charge in [-0.2, -0.15) is 0 Å². The third-order valence-electron chi connectivity index (χ3n) is 11.1. The van der Waals surface area contributed by atoms with Crippen LogP contribution in [0.2, 0.25) is 9.26 Å². The number of hydrogen-bond donors (Lipinski definition) is 0. The molecule has 0 radical (unpaired) electrons. The van der Waals surface area contributed by atoms with E-state index in [0.717, 1.165) is 0 Å². The molecule has 0 saturated carbocycles. The average molecular weight is 781 g/mol. The van der Waals surface area contributed by atoms with Crippen molar-refractivity contribution < 1.29 is 17.4 Å². The second-order valence-corrected chi connectivity index (χ2v) is 46.4. The van der Waals surface area contributed by atoms with Crippen LogP contribution in [0.25, 0.3) is 45.5 Å².